The summed E-state index contributed by atoms with van der Waals surface area (Å²) < 4.78 is 73.4. The highest BCUT2D eigenvalue weighted by molar-refractivity contribution is 7.91. The van der Waals surface area contributed by atoms with E-state index in [2.05, 4.69) is 4.72 Å². The Morgan fingerprint density at radius 3 is 2.30 bits per heavy atom. The Labute approximate surface area is 192 Å². The Balaban J connectivity index is 1.50. The Morgan fingerprint density at radius 2 is 1.64 bits per heavy atom. The molecule has 0 unspecified atom stereocenters. The number of benzene rings is 3. The van der Waals surface area contributed by atoms with E-state index in [1.807, 2.05) is 6.07 Å². The molecular weight excluding hydrogens is 467 g/mol. The zero-order valence-electron chi connectivity index (χ0n) is 17.9. The van der Waals surface area contributed by atoms with E-state index in [0.717, 1.165) is 23.3 Å². The summed E-state index contributed by atoms with van der Waals surface area (Å²) in [6.07, 6.45) is 0.495. The Kier molecular flexibility index (Phi) is 6.42. The second-order valence-corrected chi connectivity index (χ2v) is 11.4. The molecule has 3 aromatic rings. The van der Waals surface area contributed by atoms with E-state index in [1.54, 1.807) is 36.4 Å². The molecule has 0 aromatic heterocycles. The van der Waals surface area contributed by atoms with Gasteiger partial charge in [0.05, 0.1) is 17.8 Å². The van der Waals surface area contributed by atoms with Crippen LogP contribution >= 0.6 is 0 Å². The van der Waals surface area contributed by atoms with Crippen molar-refractivity contribution in [3.63, 3.8) is 0 Å². The number of hydrogen-bond donors (Lipinski definition) is 1. The number of fused-ring (bicyclic) bond motifs is 1. The summed E-state index contributed by atoms with van der Waals surface area (Å²) in [7, 11) is -5.94. The van der Waals surface area contributed by atoms with Crippen molar-refractivity contribution in [2.45, 2.75) is 23.6 Å². The van der Waals surface area contributed by atoms with Crippen molar-refractivity contribution in [3.8, 4) is 5.75 Å². The topological polar surface area (TPSA) is 92.8 Å². The van der Waals surface area contributed by atoms with Gasteiger partial charge < -0.3 is 4.74 Å². The zero-order chi connectivity index (χ0) is 23.6. The van der Waals surface area contributed by atoms with Gasteiger partial charge in [-0.25, -0.2) is 21.2 Å². The minimum absolute atomic E-state index is 0.0173. The standard InChI is InChI=1S/C23H23FN2O5S2/c1-31-22-8-2-17(3-9-22)16-32(27,28)25-21-7-4-18-12-13-26(15-19(18)14-21)33(29,30)23-10-5-20(24)6-11-23/h2-11,14,25H,12-13,15-16H2,1H3. The predicted octanol–water partition coefficient (Wildman–Crippen LogP) is 3.52. The van der Waals surface area contributed by atoms with Crippen LogP contribution in [0.2, 0.25) is 0 Å². The first-order valence-corrected chi connectivity index (χ1v) is 13.3. The summed E-state index contributed by atoms with van der Waals surface area (Å²) in [4.78, 5) is 0.0173. The molecule has 0 saturated heterocycles. The smallest absolute Gasteiger partial charge is 0.243 e. The van der Waals surface area contributed by atoms with E-state index < -0.39 is 25.9 Å². The number of anilines is 1. The highest BCUT2D eigenvalue weighted by Crippen LogP contribution is 2.28. The molecule has 1 aliphatic rings. The molecule has 0 spiro atoms. The van der Waals surface area contributed by atoms with E-state index in [9.17, 15) is 21.2 Å². The molecule has 1 N–H and O–H groups in total. The molecule has 0 radical (unpaired) electrons. The van der Waals surface area contributed by atoms with Crippen LogP contribution in [0, 0.1) is 5.82 Å². The largest absolute Gasteiger partial charge is 0.497 e. The number of halogens is 1. The monoisotopic (exact) mass is 490 g/mol. The van der Waals surface area contributed by atoms with Crippen LogP contribution < -0.4 is 9.46 Å². The fourth-order valence-corrected chi connectivity index (χ4v) is 6.32. The molecule has 0 bridgehead atoms. The third-order valence-electron chi connectivity index (χ3n) is 5.42. The molecule has 1 aliphatic heterocycles. The van der Waals surface area contributed by atoms with E-state index >= 15 is 0 Å². The van der Waals surface area contributed by atoms with E-state index in [1.165, 1.54) is 23.5 Å². The van der Waals surface area contributed by atoms with Gasteiger partial charge in [0, 0.05) is 18.8 Å². The maximum atomic E-state index is 13.2. The van der Waals surface area contributed by atoms with E-state index in [0.29, 0.717) is 23.4 Å². The molecular formula is C23H23FN2O5S2. The molecule has 7 nitrogen and oxygen atoms in total. The maximum Gasteiger partial charge on any atom is 0.243 e. The molecule has 0 fully saturated rings. The summed E-state index contributed by atoms with van der Waals surface area (Å²) in [5.74, 6) is -0.0810. The van der Waals surface area contributed by atoms with Crippen molar-refractivity contribution >= 4 is 25.7 Å². The van der Waals surface area contributed by atoms with Gasteiger partial charge in [0.15, 0.2) is 0 Å². The van der Waals surface area contributed by atoms with Crippen LogP contribution in [0.25, 0.3) is 0 Å². The Hall–Kier alpha value is -2.95. The van der Waals surface area contributed by atoms with Crippen LogP contribution in [0.1, 0.15) is 16.7 Å². The third-order valence-corrected chi connectivity index (χ3v) is 8.54. The van der Waals surface area contributed by atoms with Gasteiger partial charge in [0.25, 0.3) is 0 Å². The third kappa shape index (κ3) is 5.35. The lowest BCUT2D eigenvalue weighted by Gasteiger charge is -2.28. The SMILES string of the molecule is COc1ccc(CS(=O)(=O)Nc2ccc3c(c2)CN(S(=O)(=O)c2ccc(F)cc2)CC3)cc1. The quantitative estimate of drug-likeness (QED) is 0.547. The van der Waals surface area contributed by atoms with Gasteiger partial charge in [-0.15, -0.1) is 0 Å². The molecule has 4 rings (SSSR count). The van der Waals surface area contributed by atoms with Gasteiger partial charge in [-0.3, -0.25) is 4.72 Å². The van der Waals surface area contributed by atoms with Crippen LogP contribution in [0.5, 0.6) is 5.75 Å². The van der Waals surface area contributed by atoms with Gasteiger partial charge in [-0.05, 0) is 71.6 Å². The van der Waals surface area contributed by atoms with Crippen molar-refractivity contribution in [3.05, 3.63) is 89.2 Å². The first-order chi connectivity index (χ1) is 15.7. The fourth-order valence-electron chi connectivity index (χ4n) is 3.71. The van der Waals surface area contributed by atoms with E-state index in [-0.39, 0.29) is 23.7 Å². The molecule has 3 aromatic carbocycles. The van der Waals surface area contributed by atoms with Gasteiger partial charge in [0.1, 0.15) is 11.6 Å². The Bertz CT molecular complexity index is 1360. The lowest BCUT2D eigenvalue weighted by Crippen LogP contribution is -2.36. The van der Waals surface area contributed by atoms with Crippen LogP contribution in [0.4, 0.5) is 10.1 Å². The Morgan fingerprint density at radius 1 is 0.939 bits per heavy atom. The predicted molar refractivity (Wildman–Crippen MR) is 123 cm³/mol. The summed E-state index contributed by atoms with van der Waals surface area (Å²) in [6.45, 7) is 0.387. The highest BCUT2D eigenvalue weighted by Gasteiger charge is 2.28. The summed E-state index contributed by atoms with van der Waals surface area (Å²) >= 11 is 0. The number of hydrogen-bond acceptors (Lipinski definition) is 5. The van der Waals surface area contributed by atoms with Crippen molar-refractivity contribution in [2.75, 3.05) is 18.4 Å². The molecule has 1 heterocycles. The van der Waals surface area contributed by atoms with Gasteiger partial charge in [0.2, 0.25) is 20.0 Å². The van der Waals surface area contributed by atoms with Crippen molar-refractivity contribution in [1.29, 1.82) is 0 Å². The second-order valence-electron chi connectivity index (χ2n) is 7.74. The van der Waals surface area contributed by atoms with Crippen molar-refractivity contribution in [1.82, 2.24) is 4.31 Å². The molecule has 0 amide bonds. The normalized spacial score (nSPS) is 14.5. The van der Waals surface area contributed by atoms with Crippen LogP contribution in [0.3, 0.4) is 0 Å². The number of ether oxygens (including phenoxy) is 1. The first kappa shape index (κ1) is 23.2. The molecule has 0 saturated carbocycles. The fraction of sp³-hybridized carbons (Fsp3) is 0.217. The summed E-state index contributed by atoms with van der Waals surface area (Å²) in [5, 5.41) is 0. The number of methoxy groups -OCH3 is 1. The minimum Gasteiger partial charge on any atom is -0.497 e. The highest BCUT2D eigenvalue weighted by atomic mass is 32.2. The van der Waals surface area contributed by atoms with Crippen molar-refractivity contribution in [2.24, 2.45) is 0 Å². The van der Waals surface area contributed by atoms with Gasteiger partial charge in [-0.1, -0.05) is 18.2 Å². The molecule has 10 heteroatoms. The minimum atomic E-state index is -3.80. The van der Waals surface area contributed by atoms with Gasteiger partial charge in [-0.2, -0.15) is 4.31 Å². The summed E-state index contributed by atoms with van der Waals surface area (Å²) in [6, 6.07) is 16.6. The molecule has 0 aliphatic carbocycles. The van der Waals surface area contributed by atoms with Crippen molar-refractivity contribution < 1.29 is 26.0 Å². The van der Waals surface area contributed by atoms with E-state index in [4.69, 9.17) is 4.74 Å². The van der Waals surface area contributed by atoms with Gasteiger partial charge >= 0.3 is 0 Å². The zero-order valence-corrected chi connectivity index (χ0v) is 19.5. The van der Waals surface area contributed by atoms with Crippen LogP contribution in [-0.4, -0.2) is 34.8 Å². The lowest BCUT2D eigenvalue weighted by molar-refractivity contribution is 0.391. The lowest BCUT2D eigenvalue weighted by atomic mass is 10.0. The second kappa shape index (κ2) is 9.12. The number of nitrogens with one attached hydrogen (secondary N) is 1. The first-order valence-electron chi connectivity index (χ1n) is 10.2. The summed E-state index contributed by atoms with van der Waals surface area (Å²) in [5.41, 5.74) is 2.65. The number of rotatable bonds is 7. The molecule has 0 atom stereocenters. The van der Waals surface area contributed by atoms with Crippen LogP contribution in [-0.2, 0) is 38.8 Å². The number of sulfonamides is 2. The maximum absolute atomic E-state index is 13.2. The average Bonchev–Trinajstić information content (AvgIpc) is 2.79. The molecule has 33 heavy (non-hydrogen) atoms. The molecule has 174 valence electrons. The average molecular weight is 491 g/mol. The van der Waals surface area contributed by atoms with Crippen LogP contribution in [0.15, 0.2) is 71.6 Å². The number of nitrogens with zero attached hydrogens (tertiary/aromatic N) is 1.